The van der Waals surface area contributed by atoms with Gasteiger partial charge in [-0.25, -0.2) is 0 Å². The third-order valence-corrected chi connectivity index (χ3v) is 3.31. The van der Waals surface area contributed by atoms with Crippen LogP contribution in [0.25, 0.3) is 0 Å². The van der Waals surface area contributed by atoms with Crippen molar-refractivity contribution in [2.24, 2.45) is 5.92 Å². The molecule has 0 saturated carbocycles. The second kappa shape index (κ2) is 2.23. The van der Waals surface area contributed by atoms with Crippen LogP contribution in [0, 0.1) is 5.92 Å². The Balaban J connectivity index is 2.03. The zero-order valence-corrected chi connectivity index (χ0v) is 6.97. The summed E-state index contributed by atoms with van der Waals surface area (Å²) < 4.78 is 1.49. The highest BCUT2D eigenvalue weighted by molar-refractivity contribution is 4.66. The molecule has 2 saturated heterocycles. The van der Waals surface area contributed by atoms with Gasteiger partial charge >= 0.3 is 0 Å². The van der Waals surface area contributed by atoms with Crippen LogP contribution in [-0.4, -0.2) is 30.7 Å². The van der Waals surface area contributed by atoms with Crippen LogP contribution in [0.1, 0.15) is 26.2 Å². The Bertz CT molecular complexity index is 125. The molecule has 2 aliphatic rings. The van der Waals surface area contributed by atoms with Crippen LogP contribution >= 0.6 is 0 Å². The molecule has 2 fully saturated rings. The molecule has 58 valence electrons. The van der Waals surface area contributed by atoms with Gasteiger partial charge in [-0.1, -0.05) is 6.92 Å². The molecule has 0 amide bonds. The SMILES string of the molecule is C[C@H]1CC[N+]2(CCCC2)C1. The lowest BCUT2D eigenvalue weighted by molar-refractivity contribution is -0.906. The summed E-state index contributed by atoms with van der Waals surface area (Å²) in [7, 11) is 0. The van der Waals surface area contributed by atoms with Crippen molar-refractivity contribution < 1.29 is 4.48 Å². The van der Waals surface area contributed by atoms with Gasteiger partial charge in [-0.15, -0.1) is 0 Å². The minimum Gasteiger partial charge on any atom is -0.323 e. The van der Waals surface area contributed by atoms with Crippen LogP contribution in [0.5, 0.6) is 0 Å². The van der Waals surface area contributed by atoms with E-state index in [0.717, 1.165) is 5.92 Å². The predicted octanol–water partition coefficient (Wildman–Crippen LogP) is 1.64. The molecule has 0 aromatic heterocycles. The van der Waals surface area contributed by atoms with E-state index in [9.17, 15) is 0 Å². The van der Waals surface area contributed by atoms with Crippen molar-refractivity contribution in [2.75, 3.05) is 26.2 Å². The molecule has 1 heteroatoms. The molecular weight excluding hydrogens is 122 g/mol. The fraction of sp³-hybridized carbons (Fsp3) is 1.00. The van der Waals surface area contributed by atoms with Gasteiger partial charge in [0.2, 0.25) is 0 Å². The first-order valence-electron chi connectivity index (χ1n) is 4.66. The van der Waals surface area contributed by atoms with Crippen molar-refractivity contribution in [2.45, 2.75) is 26.2 Å². The maximum absolute atomic E-state index is 2.41. The maximum Gasteiger partial charge on any atom is 0.0814 e. The number of nitrogens with zero attached hydrogens (tertiary/aromatic N) is 1. The van der Waals surface area contributed by atoms with Crippen LogP contribution in [0.4, 0.5) is 0 Å². The lowest BCUT2D eigenvalue weighted by atomic mass is 10.2. The molecule has 0 unspecified atom stereocenters. The van der Waals surface area contributed by atoms with Gasteiger partial charge in [-0.05, 0) is 0 Å². The van der Waals surface area contributed by atoms with E-state index in [4.69, 9.17) is 0 Å². The van der Waals surface area contributed by atoms with E-state index in [0.29, 0.717) is 0 Å². The number of hydrogen-bond donors (Lipinski definition) is 0. The minimum absolute atomic E-state index is 1.01. The average molecular weight is 140 g/mol. The molecule has 1 atom stereocenters. The first-order chi connectivity index (χ1) is 4.81. The molecule has 2 aliphatic heterocycles. The largest absolute Gasteiger partial charge is 0.323 e. The van der Waals surface area contributed by atoms with Crippen molar-refractivity contribution in [3.05, 3.63) is 0 Å². The summed E-state index contributed by atoms with van der Waals surface area (Å²) in [4.78, 5) is 0. The quantitative estimate of drug-likeness (QED) is 0.449. The second-order valence-corrected chi connectivity index (χ2v) is 4.30. The second-order valence-electron chi connectivity index (χ2n) is 4.30. The molecule has 0 N–H and O–H groups in total. The summed E-state index contributed by atoms with van der Waals surface area (Å²) in [6, 6.07) is 0. The van der Waals surface area contributed by atoms with Crippen LogP contribution in [0.15, 0.2) is 0 Å². The normalized spacial score (nSPS) is 37.5. The topological polar surface area (TPSA) is 0 Å². The van der Waals surface area contributed by atoms with Gasteiger partial charge in [0.25, 0.3) is 0 Å². The Morgan fingerprint density at radius 1 is 1.10 bits per heavy atom. The van der Waals surface area contributed by atoms with E-state index >= 15 is 0 Å². The van der Waals surface area contributed by atoms with Crippen molar-refractivity contribution in [1.82, 2.24) is 0 Å². The molecule has 0 radical (unpaired) electrons. The molecule has 0 aromatic carbocycles. The predicted molar refractivity (Wildman–Crippen MR) is 42.7 cm³/mol. The van der Waals surface area contributed by atoms with Gasteiger partial charge in [0.05, 0.1) is 26.2 Å². The third-order valence-electron chi connectivity index (χ3n) is 3.31. The zero-order chi connectivity index (χ0) is 7.03. The molecule has 0 aromatic rings. The minimum atomic E-state index is 1.01. The first-order valence-corrected chi connectivity index (χ1v) is 4.66. The third kappa shape index (κ3) is 0.968. The van der Waals surface area contributed by atoms with Gasteiger partial charge in [-0.2, -0.15) is 0 Å². The summed E-state index contributed by atoms with van der Waals surface area (Å²) in [5.74, 6) is 1.01. The fourth-order valence-corrected chi connectivity index (χ4v) is 2.75. The van der Waals surface area contributed by atoms with Crippen molar-refractivity contribution in [3.63, 3.8) is 0 Å². The van der Waals surface area contributed by atoms with Crippen molar-refractivity contribution >= 4 is 0 Å². The van der Waals surface area contributed by atoms with Crippen LogP contribution in [0.2, 0.25) is 0 Å². The van der Waals surface area contributed by atoms with E-state index < -0.39 is 0 Å². The van der Waals surface area contributed by atoms with E-state index in [1.54, 1.807) is 0 Å². The first kappa shape index (κ1) is 6.66. The van der Waals surface area contributed by atoms with Gasteiger partial charge in [0.15, 0.2) is 0 Å². The Morgan fingerprint density at radius 2 is 1.80 bits per heavy atom. The Morgan fingerprint density at radius 3 is 2.30 bits per heavy atom. The molecule has 1 spiro atoms. The maximum atomic E-state index is 2.41. The van der Waals surface area contributed by atoms with E-state index in [-0.39, 0.29) is 0 Å². The summed E-state index contributed by atoms with van der Waals surface area (Å²) >= 11 is 0. The molecule has 0 aliphatic carbocycles. The standard InChI is InChI=1S/C9H18N/c1-9-4-7-10(8-9)5-2-3-6-10/h9H,2-8H2,1H3/q+1/t9-/m0/s1. The molecule has 1 nitrogen and oxygen atoms in total. The van der Waals surface area contributed by atoms with Crippen molar-refractivity contribution in [1.29, 1.82) is 0 Å². The Hall–Kier alpha value is -0.0400. The summed E-state index contributed by atoms with van der Waals surface area (Å²) in [6.45, 7) is 8.36. The van der Waals surface area contributed by atoms with Crippen LogP contribution in [-0.2, 0) is 0 Å². The molecule has 0 bridgehead atoms. The molecule has 10 heavy (non-hydrogen) atoms. The van der Waals surface area contributed by atoms with Crippen molar-refractivity contribution in [3.8, 4) is 0 Å². The number of hydrogen-bond acceptors (Lipinski definition) is 0. The lowest BCUT2D eigenvalue weighted by Gasteiger charge is -2.28. The smallest absolute Gasteiger partial charge is 0.0814 e. The Kier molecular flexibility index (Phi) is 1.48. The van der Waals surface area contributed by atoms with E-state index in [2.05, 4.69) is 6.92 Å². The molecule has 2 heterocycles. The van der Waals surface area contributed by atoms with Gasteiger partial charge in [0.1, 0.15) is 0 Å². The average Bonchev–Trinajstić information content (AvgIpc) is 2.46. The fourth-order valence-electron chi connectivity index (χ4n) is 2.75. The van der Waals surface area contributed by atoms with E-state index in [1.807, 2.05) is 0 Å². The van der Waals surface area contributed by atoms with Gasteiger partial charge in [0, 0.05) is 25.2 Å². The van der Waals surface area contributed by atoms with Gasteiger partial charge in [-0.3, -0.25) is 0 Å². The van der Waals surface area contributed by atoms with Crippen LogP contribution < -0.4 is 0 Å². The monoisotopic (exact) mass is 140 g/mol. The summed E-state index contributed by atoms with van der Waals surface area (Å²) in [5, 5.41) is 0. The van der Waals surface area contributed by atoms with E-state index in [1.165, 1.54) is 49.9 Å². The molecular formula is C9H18N+. The Labute approximate surface area is 63.6 Å². The highest BCUT2D eigenvalue weighted by Gasteiger charge is 2.38. The highest BCUT2D eigenvalue weighted by Crippen LogP contribution is 2.29. The molecule has 2 rings (SSSR count). The zero-order valence-electron chi connectivity index (χ0n) is 6.97. The van der Waals surface area contributed by atoms with Gasteiger partial charge < -0.3 is 4.48 Å². The highest BCUT2D eigenvalue weighted by atomic mass is 15.4. The summed E-state index contributed by atoms with van der Waals surface area (Å²) in [5.41, 5.74) is 0. The number of rotatable bonds is 0. The number of quaternary nitrogens is 1. The lowest BCUT2D eigenvalue weighted by Crippen LogP contribution is -2.42. The van der Waals surface area contributed by atoms with Crippen LogP contribution in [0.3, 0.4) is 0 Å². The summed E-state index contributed by atoms with van der Waals surface area (Å²) in [6.07, 6.45) is 4.47.